The Hall–Kier alpha value is -1.02. The second-order valence-electron chi connectivity index (χ2n) is 7.25. The van der Waals surface area contributed by atoms with Crippen LogP contribution in [0.25, 0.3) is 0 Å². The maximum atomic E-state index is 6.31. The van der Waals surface area contributed by atoms with Crippen molar-refractivity contribution in [2.24, 2.45) is 23.0 Å². The fraction of sp³-hybridized carbons (Fsp3) is 0.667. The lowest BCUT2D eigenvalue weighted by Crippen LogP contribution is -2.40. The van der Waals surface area contributed by atoms with E-state index in [-0.39, 0.29) is 0 Å². The van der Waals surface area contributed by atoms with Crippen LogP contribution in [0.1, 0.15) is 46.5 Å². The summed E-state index contributed by atoms with van der Waals surface area (Å²) in [6.45, 7) is 7.84. The molecular weight excluding hydrogens is 246 g/mol. The van der Waals surface area contributed by atoms with E-state index in [1.54, 1.807) is 0 Å². The Bertz CT molecular complexity index is 396. The van der Waals surface area contributed by atoms with Gasteiger partial charge >= 0.3 is 0 Å². The molecule has 0 saturated heterocycles. The van der Waals surface area contributed by atoms with Gasteiger partial charge in [-0.3, -0.25) is 0 Å². The number of rotatable bonds is 4. The van der Waals surface area contributed by atoms with Gasteiger partial charge in [0.25, 0.3) is 0 Å². The lowest BCUT2D eigenvalue weighted by molar-refractivity contribution is 0.112. The molecule has 2 N–H and O–H groups in total. The lowest BCUT2D eigenvalue weighted by atomic mass is 9.67. The summed E-state index contributed by atoms with van der Waals surface area (Å²) >= 11 is 0. The standard InChI is InChI=1S/C18H29NO/c1-18(2,3)15-9-10-17(19)14(13-15)11-12-20-16-7-5-4-6-8-16/h4-8,14-15,17H,9-13,19H2,1-3H3. The highest BCUT2D eigenvalue weighted by Gasteiger charge is 2.34. The molecule has 1 fully saturated rings. The van der Waals surface area contributed by atoms with Crippen LogP contribution in [0.3, 0.4) is 0 Å². The Morgan fingerprint density at radius 2 is 1.85 bits per heavy atom. The average molecular weight is 275 g/mol. The normalized spacial score (nSPS) is 27.3. The SMILES string of the molecule is CC(C)(C)C1CCC(N)C(CCOc2ccccc2)C1. The average Bonchev–Trinajstić information content (AvgIpc) is 2.41. The zero-order valence-electron chi connectivity index (χ0n) is 13.1. The number of nitrogens with two attached hydrogens (primary N) is 1. The van der Waals surface area contributed by atoms with Gasteiger partial charge in [-0.1, -0.05) is 39.0 Å². The van der Waals surface area contributed by atoms with Crippen LogP contribution in [-0.2, 0) is 0 Å². The molecule has 3 atom stereocenters. The Balaban J connectivity index is 1.81. The second kappa shape index (κ2) is 6.62. The van der Waals surface area contributed by atoms with Gasteiger partial charge in [0.05, 0.1) is 6.61 Å². The van der Waals surface area contributed by atoms with Crippen molar-refractivity contribution in [3.63, 3.8) is 0 Å². The van der Waals surface area contributed by atoms with Crippen molar-refractivity contribution in [3.8, 4) is 5.75 Å². The molecule has 1 saturated carbocycles. The topological polar surface area (TPSA) is 35.2 Å². The lowest BCUT2D eigenvalue weighted by Gasteiger charge is -2.40. The fourth-order valence-electron chi connectivity index (χ4n) is 3.25. The minimum absolute atomic E-state index is 0.355. The van der Waals surface area contributed by atoms with Crippen LogP contribution in [0.4, 0.5) is 0 Å². The van der Waals surface area contributed by atoms with Crippen LogP contribution in [0.5, 0.6) is 5.75 Å². The predicted molar refractivity (Wildman–Crippen MR) is 84.8 cm³/mol. The van der Waals surface area contributed by atoms with E-state index in [0.717, 1.165) is 31.1 Å². The highest BCUT2D eigenvalue weighted by atomic mass is 16.5. The van der Waals surface area contributed by atoms with Gasteiger partial charge in [-0.25, -0.2) is 0 Å². The van der Waals surface area contributed by atoms with Crippen molar-refractivity contribution in [3.05, 3.63) is 30.3 Å². The highest BCUT2D eigenvalue weighted by Crippen LogP contribution is 2.40. The molecule has 1 aromatic rings. The van der Waals surface area contributed by atoms with E-state index in [1.807, 2.05) is 30.3 Å². The Morgan fingerprint density at radius 1 is 1.15 bits per heavy atom. The molecule has 2 nitrogen and oxygen atoms in total. The van der Waals surface area contributed by atoms with Crippen LogP contribution < -0.4 is 10.5 Å². The first kappa shape index (κ1) is 15.4. The van der Waals surface area contributed by atoms with Crippen molar-refractivity contribution < 1.29 is 4.74 Å². The third-order valence-corrected chi connectivity index (χ3v) is 4.77. The molecule has 2 rings (SSSR count). The molecular formula is C18H29NO. The molecule has 0 aliphatic heterocycles. The van der Waals surface area contributed by atoms with E-state index in [0.29, 0.717) is 17.4 Å². The van der Waals surface area contributed by atoms with Crippen LogP contribution in [0.15, 0.2) is 30.3 Å². The van der Waals surface area contributed by atoms with Gasteiger partial charge in [-0.05, 0) is 55.1 Å². The van der Waals surface area contributed by atoms with Crippen molar-refractivity contribution in [2.45, 2.75) is 52.5 Å². The van der Waals surface area contributed by atoms with E-state index in [4.69, 9.17) is 10.5 Å². The Labute approximate surface area is 123 Å². The minimum atomic E-state index is 0.355. The third kappa shape index (κ3) is 4.24. The van der Waals surface area contributed by atoms with Gasteiger partial charge in [-0.15, -0.1) is 0 Å². The predicted octanol–water partition coefficient (Wildman–Crippen LogP) is 4.25. The maximum absolute atomic E-state index is 6.31. The first-order chi connectivity index (χ1) is 9.47. The van der Waals surface area contributed by atoms with E-state index in [1.165, 1.54) is 12.8 Å². The minimum Gasteiger partial charge on any atom is -0.494 e. The molecule has 20 heavy (non-hydrogen) atoms. The molecule has 1 aromatic carbocycles. The van der Waals surface area contributed by atoms with E-state index in [2.05, 4.69) is 20.8 Å². The monoisotopic (exact) mass is 275 g/mol. The Kier molecular flexibility index (Phi) is 5.09. The summed E-state index contributed by atoms with van der Waals surface area (Å²) in [7, 11) is 0. The Morgan fingerprint density at radius 3 is 2.50 bits per heavy atom. The second-order valence-corrected chi connectivity index (χ2v) is 7.25. The molecule has 1 aliphatic carbocycles. The molecule has 3 unspecified atom stereocenters. The number of ether oxygens (including phenoxy) is 1. The zero-order valence-corrected chi connectivity index (χ0v) is 13.1. The quantitative estimate of drug-likeness (QED) is 0.891. The van der Waals surface area contributed by atoms with E-state index in [9.17, 15) is 0 Å². The summed E-state index contributed by atoms with van der Waals surface area (Å²) in [4.78, 5) is 0. The van der Waals surface area contributed by atoms with E-state index >= 15 is 0 Å². The summed E-state index contributed by atoms with van der Waals surface area (Å²) in [6.07, 6.45) is 4.77. The van der Waals surface area contributed by atoms with Gasteiger partial charge in [-0.2, -0.15) is 0 Å². The largest absolute Gasteiger partial charge is 0.494 e. The van der Waals surface area contributed by atoms with Gasteiger partial charge in [0.15, 0.2) is 0 Å². The van der Waals surface area contributed by atoms with Crippen molar-refractivity contribution in [2.75, 3.05) is 6.61 Å². The number of hydrogen-bond acceptors (Lipinski definition) is 2. The molecule has 0 heterocycles. The number of para-hydroxylation sites is 1. The summed E-state index contributed by atoms with van der Waals surface area (Å²) in [5.41, 5.74) is 6.71. The highest BCUT2D eigenvalue weighted by molar-refractivity contribution is 5.20. The molecule has 0 aromatic heterocycles. The molecule has 0 radical (unpaired) electrons. The van der Waals surface area contributed by atoms with Crippen LogP contribution in [0.2, 0.25) is 0 Å². The third-order valence-electron chi connectivity index (χ3n) is 4.77. The van der Waals surface area contributed by atoms with Gasteiger partial charge < -0.3 is 10.5 Å². The van der Waals surface area contributed by atoms with Crippen molar-refractivity contribution in [1.29, 1.82) is 0 Å². The molecule has 0 spiro atoms. The van der Waals surface area contributed by atoms with Gasteiger partial charge in [0.2, 0.25) is 0 Å². The summed E-state index contributed by atoms with van der Waals surface area (Å²) in [6, 6.07) is 10.4. The summed E-state index contributed by atoms with van der Waals surface area (Å²) in [5.74, 6) is 2.37. The number of benzene rings is 1. The van der Waals surface area contributed by atoms with Crippen LogP contribution in [-0.4, -0.2) is 12.6 Å². The smallest absolute Gasteiger partial charge is 0.119 e. The zero-order chi connectivity index (χ0) is 14.6. The van der Waals surface area contributed by atoms with Crippen molar-refractivity contribution in [1.82, 2.24) is 0 Å². The summed E-state index contributed by atoms with van der Waals surface area (Å²) in [5, 5.41) is 0. The first-order valence-electron chi connectivity index (χ1n) is 7.90. The summed E-state index contributed by atoms with van der Waals surface area (Å²) < 4.78 is 5.82. The van der Waals surface area contributed by atoms with E-state index < -0.39 is 0 Å². The van der Waals surface area contributed by atoms with Gasteiger partial charge in [0, 0.05) is 6.04 Å². The maximum Gasteiger partial charge on any atom is 0.119 e. The molecule has 0 bridgehead atoms. The first-order valence-corrected chi connectivity index (χ1v) is 7.90. The molecule has 112 valence electrons. The number of hydrogen-bond donors (Lipinski definition) is 1. The van der Waals surface area contributed by atoms with Crippen LogP contribution >= 0.6 is 0 Å². The van der Waals surface area contributed by atoms with Gasteiger partial charge in [0.1, 0.15) is 5.75 Å². The fourth-order valence-corrected chi connectivity index (χ4v) is 3.25. The molecule has 2 heteroatoms. The van der Waals surface area contributed by atoms with Crippen molar-refractivity contribution >= 4 is 0 Å². The molecule has 1 aliphatic rings. The molecule has 0 amide bonds. The van der Waals surface area contributed by atoms with Crippen LogP contribution in [0, 0.1) is 17.3 Å².